The Bertz CT molecular complexity index is 1460. The van der Waals surface area contributed by atoms with Crippen LogP contribution >= 0.6 is 11.6 Å². The molecule has 0 saturated heterocycles. The molecule has 0 unspecified atom stereocenters. The van der Waals surface area contributed by atoms with Crippen molar-refractivity contribution in [3.8, 4) is 0 Å². The number of amides is 1. The van der Waals surface area contributed by atoms with Gasteiger partial charge >= 0.3 is 0 Å². The smallest absolute Gasteiger partial charge is 0.264 e. The fourth-order valence-corrected chi connectivity index (χ4v) is 5.43. The maximum Gasteiger partial charge on any atom is 0.264 e. The van der Waals surface area contributed by atoms with Gasteiger partial charge in [-0.25, -0.2) is 16.8 Å². The third-order valence-electron chi connectivity index (χ3n) is 5.33. The molecular formula is C24H26ClN3O5S2. The van der Waals surface area contributed by atoms with Gasteiger partial charge in [0.05, 0.1) is 22.5 Å². The standard InChI is InChI=1S/C24H26ClN3O5S2/c1-17-8-12-22(13-9-17)35(32,33)28(23-14-19(25)11-10-18(23)2)16-24(29)26-20-6-5-7-21(15-20)27(3)34(4,30)31/h5-15H,16H2,1-4H3,(H,26,29). The predicted molar refractivity (Wildman–Crippen MR) is 140 cm³/mol. The summed E-state index contributed by atoms with van der Waals surface area (Å²) in [4.78, 5) is 13.1. The molecule has 0 heterocycles. The molecule has 35 heavy (non-hydrogen) atoms. The Hall–Kier alpha value is -3.08. The summed E-state index contributed by atoms with van der Waals surface area (Å²) in [5.41, 5.74) is 2.46. The number of nitrogens with one attached hydrogen (secondary N) is 1. The topological polar surface area (TPSA) is 104 Å². The fourth-order valence-electron chi connectivity index (χ4n) is 3.29. The van der Waals surface area contributed by atoms with Crippen molar-refractivity contribution in [3.63, 3.8) is 0 Å². The maximum atomic E-state index is 13.6. The number of hydrogen-bond acceptors (Lipinski definition) is 5. The summed E-state index contributed by atoms with van der Waals surface area (Å²) in [5, 5.41) is 2.98. The van der Waals surface area contributed by atoms with Gasteiger partial charge in [0.25, 0.3) is 10.0 Å². The second-order valence-corrected chi connectivity index (χ2v) is 12.4. The van der Waals surface area contributed by atoms with Crippen LogP contribution in [0.25, 0.3) is 0 Å². The van der Waals surface area contributed by atoms with Crippen molar-refractivity contribution in [2.75, 3.05) is 33.8 Å². The third-order valence-corrected chi connectivity index (χ3v) is 8.54. The second kappa shape index (κ2) is 10.3. The van der Waals surface area contributed by atoms with E-state index in [4.69, 9.17) is 11.6 Å². The van der Waals surface area contributed by atoms with Crippen LogP contribution < -0.4 is 13.9 Å². The lowest BCUT2D eigenvalue weighted by atomic mass is 10.2. The Labute approximate surface area is 211 Å². The Balaban J connectivity index is 1.96. The van der Waals surface area contributed by atoms with Gasteiger partial charge in [-0.15, -0.1) is 0 Å². The van der Waals surface area contributed by atoms with Gasteiger partial charge in [0.15, 0.2) is 0 Å². The maximum absolute atomic E-state index is 13.6. The number of carbonyl (C=O) groups excluding carboxylic acids is 1. The number of anilines is 3. The number of aryl methyl sites for hydroxylation is 2. The van der Waals surface area contributed by atoms with Gasteiger partial charge < -0.3 is 5.32 Å². The Morgan fingerprint density at radius 3 is 2.23 bits per heavy atom. The minimum Gasteiger partial charge on any atom is -0.324 e. The molecule has 0 aliphatic carbocycles. The Kier molecular flexibility index (Phi) is 7.78. The number of carbonyl (C=O) groups is 1. The number of sulfonamides is 2. The van der Waals surface area contributed by atoms with Gasteiger partial charge in [-0.1, -0.05) is 41.4 Å². The van der Waals surface area contributed by atoms with E-state index >= 15 is 0 Å². The van der Waals surface area contributed by atoms with Crippen LogP contribution in [0.3, 0.4) is 0 Å². The Morgan fingerprint density at radius 1 is 0.943 bits per heavy atom. The van der Waals surface area contributed by atoms with Gasteiger partial charge in [0.1, 0.15) is 6.54 Å². The Morgan fingerprint density at radius 2 is 1.60 bits per heavy atom. The zero-order valence-corrected chi connectivity index (χ0v) is 22.1. The zero-order chi connectivity index (χ0) is 26.0. The highest BCUT2D eigenvalue weighted by Gasteiger charge is 2.28. The van der Waals surface area contributed by atoms with E-state index in [0.717, 1.165) is 20.4 Å². The summed E-state index contributed by atoms with van der Waals surface area (Å²) >= 11 is 6.15. The van der Waals surface area contributed by atoms with Crippen LogP contribution in [-0.2, 0) is 24.8 Å². The van der Waals surface area contributed by atoms with E-state index in [1.54, 1.807) is 49.4 Å². The SMILES string of the molecule is Cc1ccc(S(=O)(=O)N(CC(=O)Nc2cccc(N(C)S(C)(=O)=O)c2)c2cc(Cl)ccc2C)cc1. The van der Waals surface area contributed by atoms with Crippen molar-refractivity contribution in [3.05, 3.63) is 82.9 Å². The van der Waals surface area contributed by atoms with E-state index in [0.29, 0.717) is 22.0 Å². The zero-order valence-electron chi connectivity index (χ0n) is 19.7. The van der Waals surface area contributed by atoms with Crippen molar-refractivity contribution in [2.45, 2.75) is 18.7 Å². The van der Waals surface area contributed by atoms with Crippen molar-refractivity contribution in [1.29, 1.82) is 0 Å². The average Bonchev–Trinajstić information content (AvgIpc) is 2.78. The molecule has 0 fully saturated rings. The number of nitrogens with zero attached hydrogens (tertiary/aromatic N) is 2. The van der Waals surface area contributed by atoms with E-state index in [1.807, 2.05) is 6.92 Å². The molecule has 3 rings (SSSR count). The minimum atomic E-state index is -4.11. The highest BCUT2D eigenvalue weighted by molar-refractivity contribution is 7.93. The summed E-state index contributed by atoms with van der Waals surface area (Å²) < 4.78 is 52.9. The first-order valence-electron chi connectivity index (χ1n) is 10.5. The van der Waals surface area contributed by atoms with E-state index in [-0.39, 0.29) is 10.6 Å². The quantitative estimate of drug-likeness (QED) is 0.466. The summed E-state index contributed by atoms with van der Waals surface area (Å²) in [7, 11) is -6.21. The highest BCUT2D eigenvalue weighted by atomic mass is 35.5. The predicted octanol–water partition coefficient (Wildman–Crippen LogP) is 4.19. The van der Waals surface area contributed by atoms with E-state index < -0.39 is 32.5 Å². The largest absolute Gasteiger partial charge is 0.324 e. The number of benzene rings is 3. The molecule has 0 aromatic heterocycles. The van der Waals surface area contributed by atoms with Crippen molar-refractivity contribution in [1.82, 2.24) is 0 Å². The third kappa shape index (κ3) is 6.33. The summed E-state index contributed by atoms with van der Waals surface area (Å²) in [6, 6.07) is 17.4. The monoisotopic (exact) mass is 535 g/mol. The molecule has 1 amide bonds. The van der Waals surface area contributed by atoms with Crippen LogP contribution in [-0.4, -0.2) is 42.6 Å². The summed E-state index contributed by atoms with van der Waals surface area (Å²) in [6.07, 6.45) is 1.07. The molecule has 0 saturated carbocycles. The lowest BCUT2D eigenvalue weighted by molar-refractivity contribution is -0.114. The molecular weight excluding hydrogens is 510 g/mol. The van der Waals surface area contributed by atoms with Gasteiger partial charge in [-0.3, -0.25) is 13.4 Å². The number of rotatable bonds is 8. The second-order valence-electron chi connectivity index (χ2n) is 8.08. The molecule has 0 radical (unpaired) electrons. The lowest BCUT2D eigenvalue weighted by Gasteiger charge is -2.26. The highest BCUT2D eigenvalue weighted by Crippen LogP contribution is 2.30. The van der Waals surface area contributed by atoms with E-state index in [1.165, 1.54) is 31.3 Å². The van der Waals surface area contributed by atoms with E-state index in [9.17, 15) is 21.6 Å². The molecule has 1 N–H and O–H groups in total. The molecule has 3 aromatic carbocycles. The van der Waals surface area contributed by atoms with Crippen LogP contribution in [0, 0.1) is 13.8 Å². The molecule has 186 valence electrons. The summed E-state index contributed by atoms with van der Waals surface area (Å²) in [5.74, 6) is -0.612. The molecule has 0 aliphatic rings. The van der Waals surface area contributed by atoms with Crippen LogP contribution in [0.4, 0.5) is 17.1 Å². The molecule has 0 spiro atoms. The van der Waals surface area contributed by atoms with Gasteiger partial charge in [0.2, 0.25) is 15.9 Å². The van der Waals surface area contributed by atoms with Gasteiger partial charge in [-0.05, 0) is 61.9 Å². The molecule has 0 atom stereocenters. The number of halogens is 1. The van der Waals surface area contributed by atoms with Crippen LogP contribution in [0.1, 0.15) is 11.1 Å². The average molecular weight is 536 g/mol. The normalized spacial score (nSPS) is 11.7. The van der Waals surface area contributed by atoms with Crippen LogP contribution in [0.5, 0.6) is 0 Å². The van der Waals surface area contributed by atoms with E-state index in [2.05, 4.69) is 5.32 Å². The number of hydrogen-bond donors (Lipinski definition) is 1. The van der Waals surface area contributed by atoms with Crippen molar-refractivity contribution < 1.29 is 21.6 Å². The van der Waals surface area contributed by atoms with Gasteiger partial charge in [-0.2, -0.15) is 0 Å². The first kappa shape index (κ1) is 26.5. The molecule has 0 bridgehead atoms. The van der Waals surface area contributed by atoms with Crippen LogP contribution in [0.2, 0.25) is 5.02 Å². The van der Waals surface area contributed by atoms with Crippen LogP contribution in [0.15, 0.2) is 71.6 Å². The van der Waals surface area contributed by atoms with Crippen molar-refractivity contribution >= 4 is 54.6 Å². The summed E-state index contributed by atoms with van der Waals surface area (Å²) in [6.45, 7) is 3.05. The molecule has 0 aliphatic heterocycles. The first-order valence-corrected chi connectivity index (χ1v) is 14.1. The fraction of sp³-hybridized carbons (Fsp3) is 0.208. The van der Waals surface area contributed by atoms with Gasteiger partial charge in [0, 0.05) is 17.8 Å². The molecule has 11 heteroatoms. The lowest BCUT2D eigenvalue weighted by Crippen LogP contribution is -2.38. The first-order chi connectivity index (χ1) is 16.3. The molecule has 3 aromatic rings. The molecule has 8 nitrogen and oxygen atoms in total. The minimum absolute atomic E-state index is 0.0343. The van der Waals surface area contributed by atoms with Crippen molar-refractivity contribution in [2.24, 2.45) is 0 Å².